The Bertz CT molecular complexity index is 950. The van der Waals surface area contributed by atoms with E-state index in [0.717, 1.165) is 0 Å². The van der Waals surface area contributed by atoms with Crippen molar-refractivity contribution in [3.8, 4) is 11.6 Å². The summed E-state index contributed by atoms with van der Waals surface area (Å²) in [6.07, 6.45) is 0. The van der Waals surface area contributed by atoms with E-state index in [-0.39, 0.29) is 12.9 Å². The van der Waals surface area contributed by atoms with Gasteiger partial charge < -0.3 is 21.9 Å². The summed E-state index contributed by atoms with van der Waals surface area (Å²) in [5.41, 5.74) is 1.27. The van der Waals surface area contributed by atoms with Gasteiger partial charge in [-0.2, -0.15) is 5.10 Å². The zero-order valence-corrected chi connectivity index (χ0v) is 14.9. The van der Waals surface area contributed by atoms with E-state index in [4.69, 9.17) is 0 Å². The lowest BCUT2D eigenvalue weighted by atomic mass is 10.0. The van der Waals surface area contributed by atoms with Crippen molar-refractivity contribution >= 4 is 20.5 Å². The van der Waals surface area contributed by atoms with Gasteiger partial charge in [0.05, 0.1) is 11.4 Å². The first-order valence-electron chi connectivity index (χ1n) is 8.15. The van der Waals surface area contributed by atoms with Crippen molar-refractivity contribution in [1.82, 2.24) is 9.78 Å². The smallest absolute Gasteiger partial charge is 0.490 e. The number of hydrogen-bond acceptors (Lipinski definition) is 3. The molecule has 1 aromatic heterocycles. The Balaban J connectivity index is 0.000000674. The van der Waals surface area contributed by atoms with Gasteiger partial charge in [0.2, 0.25) is 5.88 Å². The average molecular weight is 414 g/mol. The van der Waals surface area contributed by atoms with Gasteiger partial charge in [-0.25, -0.2) is 13.3 Å². The molecule has 152 valence electrons. The van der Waals surface area contributed by atoms with Crippen molar-refractivity contribution in [1.29, 1.82) is 0 Å². The molecule has 0 N–H and O–H groups in total. The largest absolute Gasteiger partial charge is 1.00 e. The molecular weight excluding hydrogens is 400 g/mol. The minimum atomic E-state index is -6.00. The highest BCUT2D eigenvalue weighted by Gasteiger charge is 2.29. The van der Waals surface area contributed by atoms with Crippen molar-refractivity contribution in [2.45, 2.75) is 6.92 Å². The van der Waals surface area contributed by atoms with Crippen molar-refractivity contribution in [3.63, 3.8) is 0 Å². The Morgan fingerprint density at radius 3 is 1.97 bits per heavy atom. The minimum Gasteiger partial charge on any atom is -0.490 e. The molecule has 0 amide bonds. The SMILES string of the molecule is Cc1nn(-c2ccccc2)c(OB(F)F)c1C(=O)c1ccccc1.F[B-](F)(F)F.[H+]. The predicted molar refractivity (Wildman–Crippen MR) is 98.1 cm³/mol. The van der Waals surface area contributed by atoms with E-state index in [2.05, 4.69) is 9.75 Å². The van der Waals surface area contributed by atoms with Gasteiger partial charge >= 0.3 is 16.2 Å². The third kappa shape index (κ3) is 6.44. The van der Waals surface area contributed by atoms with Gasteiger partial charge in [0.25, 0.3) is 0 Å². The Morgan fingerprint density at radius 1 is 1.00 bits per heavy atom. The fourth-order valence-electron chi connectivity index (χ4n) is 2.44. The molecule has 0 radical (unpaired) electrons. The Labute approximate surface area is 163 Å². The molecule has 0 unspecified atom stereocenters. The average Bonchev–Trinajstić information content (AvgIpc) is 2.96. The van der Waals surface area contributed by atoms with Gasteiger partial charge in [-0.15, -0.1) is 0 Å². The van der Waals surface area contributed by atoms with Crippen LogP contribution >= 0.6 is 0 Å². The highest BCUT2D eigenvalue weighted by molar-refractivity contribution is 6.50. The Hall–Kier alpha value is -3.17. The zero-order valence-electron chi connectivity index (χ0n) is 15.9. The molecule has 3 aromatic rings. The molecule has 0 atom stereocenters. The molecule has 0 saturated heterocycles. The maximum atomic E-state index is 12.9. The maximum Gasteiger partial charge on any atom is 1.00 e. The van der Waals surface area contributed by atoms with Crippen molar-refractivity contribution in [2.24, 2.45) is 0 Å². The first-order valence-corrected chi connectivity index (χ1v) is 8.15. The standard InChI is InChI=1S/C17H13BF2N2O2.BF4/c1-12-15(16(23)13-8-4-2-5-9-13)17(24-18(19)20)22(21-12)14-10-6-3-7-11-14;2-1(3,4)5/h2-11H,1H3;/q;-1/p+1. The van der Waals surface area contributed by atoms with Crippen LogP contribution in [0.1, 0.15) is 23.0 Å². The molecule has 0 aliphatic heterocycles. The molecule has 2 aromatic carbocycles. The van der Waals surface area contributed by atoms with Gasteiger partial charge in [0, 0.05) is 5.56 Å². The second kappa shape index (κ2) is 9.35. The summed E-state index contributed by atoms with van der Waals surface area (Å²) in [4.78, 5) is 12.7. The number of aryl methyl sites for hydroxylation is 1. The number of carbonyl (C=O) groups excluding carboxylic acids is 1. The molecule has 0 bridgehead atoms. The van der Waals surface area contributed by atoms with E-state index in [1.807, 2.05) is 0 Å². The van der Waals surface area contributed by atoms with Gasteiger partial charge in [-0.3, -0.25) is 4.79 Å². The highest BCUT2D eigenvalue weighted by atomic mass is 19.5. The van der Waals surface area contributed by atoms with E-state index >= 15 is 0 Å². The van der Waals surface area contributed by atoms with Crippen LogP contribution in [0, 0.1) is 6.92 Å². The third-order valence-electron chi connectivity index (χ3n) is 3.48. The molecule has 3 rings (SSSR count). The number of halogens is 6. The quantitative estimate of drug-likeness (QED) is 0.331. The summed E-state index contributed by atoms with van der Waals surface area (Å²) in [5, 5.41) is 4.22. The highest BCUT2D eigenvalue weighted by Crippen LogP contribution is 2.29. The van der Waals surface area contributed by atoms with E-state index in [0.29, 0.717) is 16.9 Å². The summed E-state index contributed by atoms with van der Waals surface area (Å²) < 4.78 is 70.7. The van der Waals surface area contributed by atoms with Crippen molar-refractivity contribution in [3.05, 3.63) is 77.5 Å². The number of rotatable bonds is 5. The van der Waals surface area contributed by atoms with E-state index in [9.17, 15) is 30.7 Å². The lowest BCUT2D eigenvalue weighted by molar-refractivity contribution is 0.103. The normalized spacial score (nSPS) is 10.7. The van der Waals surface area contributed by atoms with Crippen LogP contribution in [0.5, 0.6) is 5.88 Å². The van der Waals surface area contributed by atoms with Crippen molar-refractivity contribution in [2.75, 3.05) is 0 Å². The number of ketones is 1. The van der Waals surface area contributed by atoms with E-state index in [1.165, 1.54) is 4.68 Å². The van der Waals surface area contributed by atoms with Gasteiger partial charge in [0.1, 0.15) is 5.56 Å². The molecule has 12 heteroatoms. The lowest BCUT2D eigenvalue weighted by Crippen LogP contribution is -2.15. The van der Waals surface area contributed by atoms with Gasteiger partial charge in [-0.1, -0.05) is 48.5 Å². The molecule has 4 nitrogen and oxygen atoms in total. The van der Waals surface area contributed by atoms with Crippen LogP contribution in [0.25, 0.3) is 5.69 Å². The van der Waals surface area contributed by atoms with Crippen LogP contribution in [0.4, 0.5) is 25.9 Å². The number of para-hydroxylation sites is 1. The zero-order chi connectivity index (χ0) is 21.6. The fourth-order valence-corrected chi connectivity index (χ4v) is 2.44. The molecule has 29 heavy (non-hydrogen) atoms. The fraction of sp³-hybridized carbons (Fsp3) is 0.0588. The Kier molecular flexibility index (Phi) is 7.13. The van der Waals surface area contributed by atoms with E-state index < -0.39 is 20.5 Å². The number of nitrogens with zero attached hydrogens (tertiary/aromatic N) is 2. The van der Waals surface area contributed by atoms with Crippen LogP contribution in [-0.4, -0.2) is 30.3 Å². The van der Waals surface area contributed by atoms with Crippen LogP contribution in [0.2, 0.25) is 0 Å². The van der Waals surface area contributed by atoms with Crippen molar-refractivity contribution < 1.29 is 36.8 Å². The summed E-state index contributed by atoms with van der Waals surface area (Å²) in [6, 6.07) is 17.1. The second-order valence-electron chi connectivity index (χ2n) is 5.58. The summed E-state index contributed by atoms with van der Waals surface area (Å²) in [6.45, 7) is 1.59. The van der Waals surface area contributed by atoms with E-state index in [1.54, 1.807) is 67.6 Å². The molecule has 1 heterocycles. The topological polar surface area (TPSA) is 44.1 Å². The van der Waals surface area contributed by atoms with Crippen LogP contribution < -0.4 is 4.65 Å². The summed E-state index contributed by atoms with van der Waals surface area (Å²) in [5.74, 6) is -0.673. The molecule has 0 aliphatic carbocycles. The summed E-state index contributed by atoms with van der Waals surface area (Å²) >= 11 is 0. The molecule has 0 aliphatic rings. The third-order valence-corrected chi connectivity index (χ3v) is 3.48. The molecule has 0 saturated carbocycles. The maximum absolute atomic E-state index is 12.9. The predicted octanol–water partition coefficient (Wildman–Crippen LogP) is 5.13. The molecule has 0 spiro atoms. The number of aromatic nitrogens is 2. The number of benzene rings is 2. The first kappa shape index (κ1) is 22.1. The number of carbonyl (C=O) groups is 1. The molecule has 0 fully saturated rings. The molecular formula is C17H14B2F6N2O2. The number of hydrogen-bond donors (Lipinski definition) is 0. The van der Waals surface area contributed by atoms with Crippen LogP contribution in [-0.2, 0) is 0 Å². The van der Waals surface area contributed by atoms with Crippen LogP contribution in [0.15, 0.2) is 60.7 Å². The summed E-state index contributed by atoms with van der Waals surface area (Å²) in [7, 11) is -9.06. The Morgan fingerprint density at radius 2 is 1.48 bits per heavy atom. The van der Waals surface area contributed by atoms with Gasteiger partial charge in [0.15, 0.2) is 5.78 Å². The second-order valence-corrected chi connectivity index (χ2v) is 5.58. The minimum absolute atomic E-state index is 0. The first-order chi connectivity index (χ1) is 13.6. The monoisotopic (exact) mass is 414 g/mol. The lowest BCUT2D eigenvalue weighted by Gasteiger charge is -2.09. The van der Waals surface area contributed by atoms with Gasteiger partial charge in [-0.05, 0) is 19.1 Å². The van der Waals surface area contributed by atoms with Crippen LogP contribution in [0.3, 0.4) is 0 Å².